The molecule has 2 aliphatic heterocycles. The van der Waals surface area contributed by atoms with Crippen molar-refractivity contribution in [2.75, 3.05) is 24.5 Å². The van der Waals surface area contributed by atoms with Crippen LogP contribution in [-0.4, -0.2) is 36.3 Å². The largest absolute Gasteiger partial charge is 0.342 e. The highest BCUT2D eigenvalue weighted by molar-refractivity contribution is 6.30. The van der Waals surface area contributed by atoms with Crippen LogP contribution in [0.15, 0.2) is 24.3 Å². The number of rotatable bonds is 2. The molecule has 5 heteroatoms. The van der Waals surface area contributed by atoms with Crippen LogP contribution in [0, 0.1) is 17.8 Å². The highest BCUT2D eigenvalue weighted by atomic mass is 35.5. The summed E-state index contributed by atoms with van der Waals surface area (Å²) in [5.41, 5.74) is 0.815. The monoisotopic (exact) mass is 334 g/mol. The first-order chi connectivity index (χ1) is 10.9. The van der Waals surface area contributed by atoms with Gasteiger partial charge >= 0.3 is 0 Å². The quantitative estimate of drug-likeness (QED) is 0.833. The average molecular weight is 335 g/mol. The summed E-state index contributed by atoms with van der Waals surface area (Å²) >= 11 is 5.90. The van der Waals surface area contributed by atoms with Gasteiger partial charge in [0.25, 0.3) is 0 Å². The second kappa shape index (κ2) is 6.52. The van der Waals surface area contributed by atoms with E-state index in [0.717, 1.165) is 18.8 Å². The Morgan fingerprint density at radius 1 is 1.09 bits per heavy atom. The Morgan fingerprint density at radius 3 is 2.30 bits per heavy atom. The average Bonchev–Trinajstić information content (AvgIpc) is 2.88. The SMILES string of the molecule is CC1CC(C)CN(C(=O)C2CC(=O)N(c3ccc(Cl)cc3)C2)C1. The van der Waals surface area contributed by atoms with Gasteiger partial charge in [-0.15, -0.1) is 0 Å². The van der Waals surface area contributed by atoms with E-state index in [1.54, 1.807) is 17.0 Å². The fraction of sp³-hybridized carbons (Fsp3) is 0.556. The predicted molar refractivity (Wildman–Crippen MR) is 91.4 cm³/mol. The van der Waals surface area contributed by atoms with E-state index in [1.807, 2.05) is 17.0 Å². The van der Waals surface area contributed by atoms with Crippen LogP contribution in [-0.2, 0) is 9.59 Å². The van der Waals surface area contributed by atoms with E-state index >= 15 is 0 Å². The van der Waals surface area contributed by atoms with E-state index in [4.69, 9.17) is 11.6 Å². The predicted octanol–water partition coefficient (Wildman–Crippen LogP) is 3.20. The topological polar surface area (TPSA) is 40.6 Å². The molecule has 23 heavy (non-hydrogen) atoms. The second-order valence-corrected chi connectivity index (χ2v) is 7.51. The Kier molecular flexibility index (Phi) is 4.62. The van der Waals surface area contributed by atoms with Gasteiger partial charge in [-0.25, -0.2) is 0 Å². The fourth-order valence-electron chi connectivity index (χ4n) is 3.84. The van der Waals surface area contributed by atoms with E-state index in [-0.39, 0.29) is 17.7 Å². The van der Waals surface area contributed by atoms with Gasteiger partial charge in [-0.3, -0.25) is 9.59 Å². The number of amides is 2. The number of nitrogens with zero attached hydrogens (tertiary/aromatic N) is 2. The van der Waals surface area contributed by atoms with Gasteiger partial charge in [0.15, 0.2) is 0 Å². The third-order valence-corrected chi connectivity index (χ3v) is 5.05. The molecular formula is C18H23ClN2O2. The van der Waals surface area contributed by atoms with E-state index in [1.165, 1.54) is 6.42 Å². The van der Waals surface area contributed by atoms with E-state index in [0.29, 0.717) is 29.8 Å². The summed E-state index contributed by atoms with van der Waals surface area (Å²) in [7, 11) is 0. The van der Waals surface area contributed by atoms with Crippen molar-refractivity contribution < 1.29 is 9.59 Å². The molecule has 1 aromatic carbocycles. The Bertz CT molecular complexity index is 592. The number of likely N-dealkylation sites (tertiary alicyclic amines) is 1. The van der Waals surface area contributed by atoms with Crippen LogP contribution in [0.2, 0.25) is 5.02 Å². The lowest BCUT2D eigenvalue weighted by Gasteiger charge is -2.36. The highest BCUT2D eigenvalue weighted by Crippen LogP contribution is 2.29. The molecular weight excluding hydrogens is 312 g/mol. The summed E-state index contributed by atoms with van der Waals surface area (Å²) in [6.07, 6.45) is 1.48. The van der Waals surface area contributed by atoms with Crippen molar-refractivity contribution in [3.05, 3.63) is 29.3 Å². The van der Waals surface area contributed by atoms with Crippen molar-refractivity contribution in [2.24, 2.45) is 17.8 Å². The zero-order chi connectivity index (χ0) is 16.6. The van der Waals surface area contributed by atoms with Gasteiger partial charge in [0.05, 0.1) is 5.92 Å². The molecule has 2 aliphatic rings. The van der Waals surface area contributed by atoms with E-state index < -0.39 is 0 Å². The molecule has 0 spiro atoms. The second-order valence-electron chi connectivity index (χ2n) is 7.07. The summed E-state index contributed by atoms with van der Waals surface area (Å²) in [6.45, 7) is 6.48. The van der Waals surface area contributed by atoms with Crippen molar-refractivity contribution in [1.29, 1.82) is 0 Å². The number of piperidine rings is 1. The molecule has 0 radical (unpaired) electrons. The van der Waals surface area contributed by atoms with Crippen LogP contribution in [0.5, 0.6) is 0 Å². The van der Waals surface area contributed by atoms with Crippen LogP contribution in [0.25, 0.3) is 0 Å². The highest BCUT2D eigenvalue weighted by Gasteiger charge is 2.38. The molecule has 2 saturated heterocycles. The molecule has 0 N–H and O–H groups in total. The van der Waals surface area contributed by atoms with Crippen molar-refractivity contribution in [1.82, 2.24) is 4.90 Å². The molecule has 3 unspecified atom stereocenters. The third kappa shape index (κ3) is 3.52. The van der Waals surface area contributed by atoms with E-state index in [9.17, 15) is 9.59 Å². The normalized spacial score (nSPS) is 28.3. The van der Waals surface area contributed by atoms with Crippen LogP contribution >= 0.6 is 11.6 Å². The third-order valence-electron chi connectivity index (χ3n) is 4.79. The van der Waals surface area contributed by atoms with Crippen molar-refractivity contribution in [2.45, 2.75) is 26.7 Å². The van der Waals surface area contributed by atoms with Gasteiger partial charge < -0.3 is 9.80 Å². The molecule has 3 atom stereocenters. The first kappa shape index (κ1) is 16.3. The van der Waals surface area contributed by atoms with Crippen LogP contribution in [0.4, 0.5) is 5.69 Å². The molecule has 0 saturated carbocycles. The number of hydrogen-bond donors (Lipinski definition) is 0. The number of carbonyl (C=O) groups is 2. The maximum Gasteiger partial charge on any atom is 0.228 e. The molecule has 0 aromatic heterocycles. The van der Waals surface area contributed by atoms with Gasteiger partial charge in [0.1, 0.15) is 0 Å². The first-order valence-corrected chi connectivity index (χ1v) is 8.66. The standard InChI is InChI=1S/C18H23ClN2O2/c1-12-7-13(2)10-20(9-12)18(23)14-8-17(22)21(11-14)16-5-3-15(19)4-6-16/h3-6,12-14H,7-11H2,1-2H3. The molecule has 0 aliphatic carbocycles. The lowest BCUT2D eigenvalue weighted by Crippen LogP contribution is -2.45. The minimum absolute atomic E-state index is 0.0174. The molecule has 0 bridgehead atoms. The van der Waals surface area contributed by atoms with Gasteiger partial charge in [0, 0.05) is 36.8 Å². The summed E-state index contributed by atoms with van der Waals surface area (Å²) in [6, 6.07) is 7.21. The maximum absolute atomic E-state index is 12.8. The molecule has 2 heterocycles. The summed E-state index contributed by atoms with van der Waals surface area (Å²) in [5.74, 6) is 0.993. The van der Waals surface area contributed by atoms with Crippen LogP contribution < -0.4 is 4.90 Å². The van der Waals surface area contributed by atoms with Gasteiger partial charge in [0.2, 0.25) is 11.8 Å². The van der Waals surface area contributed by atoms with Crippen molar-refractivity contribution >= 4 is 29.1 Å². The van der Waals surface area contributed by atoms with Crippen LogP contribution in [0.1, 0.15) is 26.7 Å². The number of anilines is 1. The maximum atomic E-state index is 12.8. The first-order valence-electron chi connectivity index (χ1n) is 8.28. The van der Waals surface area contributed by atoms with Gasteiger partial charge in [-0.2, -0.15) is 0 Å². The number of halogens is 1. The molecule has 3 rings (SSSR count). The zero-order valence-corrected chi connectivity index (χ0v) is 14.4. The molecule has 4 nitrogen and oxygen atoms in total. The number of carbonyl (C=O) groups excluding carboxylic acids is 2. The fourth-order valence-corrected chi connectivity index (χ4v) is 3.97. The Labute approximate surface area is 142 Å². The Balaban J connectivity index is 1.69. The smallest absolute Gasteiger partial charge is 0.228 e. The lowest BCUT2D eigenvalue weighted by molar-refractivity contribution is -0.138. The molecule has 2 amide bonds. The number of hydrogen-bond acceptors (Lipinski definition) is 2. The molecule has 1 aromatic rings. The number of benzene rings is 1. The van der Waals surface area contributed by atoms with Crippen LogP contribution in [0.3, 0.4) is 0 Å². The molecule has 2 fully saturated rings. The van der Waals surface area contributed by atoms with Crippen molar-refractivity contribution in [3.8, 4) is 0 Å². The minimum atomic E-state index is -0.226. The summed E-state index contributed by atoms with van der Waals surface area (Å²) < 4.78 is 0. The van der Waals surface area contributed by atoms with Crippen molar-refractivity contribution in [3.63, 3.8) is 0 Å². The minimum Gasteiger partial charge on any atom is -0.342 e. The summed E-state index contributed by atoms with van der Waals surface area (Å²) in [4.78, 5) is 28.8. The summed E-state index contributed by atoms with van der Waals surface area (Å²) in [5, 5.41) is 0.643. The lowest BCUT2D eigenvalue weighted by atomic mass is 9.91. The van der Waals surface area contributed by atoms with Gasteiger partial charge in [-0.1, -0.05) is 25.4 Å². The van der Waals surface area contributed by atoms with E-state index in [2.05, 4.69) is 13.8 Å². The Hall–Kier alpha value is -1.55. The molecule has 124 valence electrons. The zero-order valence-electron chi connectivity index (χ0n) is 13.7. The van der Waals surface area contributed by atoms with Gasteiger partial charge in [-0.05, 0) is 42.5 Å². The Morgan fingerprint density at radius 2 is 1.70 bits per heavy atom.